The smallest absolute Gasteiger partial charge is 0.266 e. The van der Waals surface area contributed by atoms with Crippen LogP contribution in [0.2, 0.25) is 5.02 Å². The highest BCUT2D eigenvalue weighted by molar-refractivity contribution is 6.30. The normalized spacial score (nSPS) is 16.8. The van der Waals surface area contributed by atoms with Gasteiger partial charge in [0.2, 0.25) is 5.90 Å². The van der Waals surface area contributed by atoms with Crippen LogP contribution >= 0.6 is 11.6 Å². The third-order valence-electron chi connectivity index (χ3n) is 7.68. The van der Waals surface area contributed by atoms with Gasteiger partial charge >= 0.3 is 0 Å². The Morgan fingerprint density at radius 3 is 2.60 bits per heavy atom. The first-order valence-electron chi connectivity index (χ1n) is 15.1. The zero-order chi connectivity index (χ0) is 33.1. The SMILES string of the molecule is COc1cccc([C@@H]2OC(c3ccc(OCCCO)cc3)=N[C@]2(Cc2ccccc2N=[N+]=[N-])C(=O)NNCCc2ccc(Cl)cc2)c1. The fraction of sp³-hybridized carbons (Fsp3) is 0.257. The number of carbonyl (C=O) groups is 1. The summed E-state index contributed by atoms with van der Waals surface area (Å²) >= 11 is 6.03. The van der Waals surface area contributed by atoms with Crippen LogP contribution in [0.15, 0.2) is 107 Å². The quantitative estimate of drug-likeness (QED) is 0.0443. The minimum Gasteiger partial charge on any atom is -0.497 e. The van der Waals surface area contributed by atoms with Crippen molar-refractivity contribution in [3.63, 3.8) is 0 Å². The van der Waals surface area contributed by atoms with E-state index in [9.17, 15) is 10.3 Å². The Balaban J connectivity index is 1.53. The first-order valence-corrected chi connectivity index (χ1v) is 15.5. The summed E-state index contributed by atoms with van der Waals surface area (Å²) in [4.78, 5) is 22.5. The third-order valence-corrected chi connectivity index (χ3v) is 7.94. The number of amides is 1. The van der Waals surface area contributed by atoms with Crippen molar-refractivity contribution in [3.05, 3.63) is 135 Å². The van der Waals surface area contributed by atoms with Crippen molar-refractivity contribution in [3.8, 4) is 11.5 Å². The molecule has 0 bridgehead atoms. The highest BCUT2D eigenvalue weighted by Gasteiger charge is 2.53. The predicted octanol–water partition coefficient (Wildman–Crippen LogP) is 6.41. The number of nitrogens with one attached hydrogen (secondary N) is 2. The van der Waals surface area contributed by atoms with Crippen LogP contribution in [0.1, 0.15) is 34.8 Å². The molecule has 0 aromatic heterocycles. The molecule has 47 heavy (non-hydrogen) atoms. The largest absolute Gasteiger partial charge is 0.497 e. The van der Waals surface area contributed by atoms with Crippen LogP contribution in [0, 0.1) is 0 Å². The number of halogens is 1. The number of azide groups is 1. The van der Waals surface area contributed by atoms with Crippen molar-refractivity contribution >= 4 is 29.1 Å². The predicted molar refractivity (Wildman–Crippen MR) is 180 cm³/mol. The van der Waals surface area contributed by atoms with E-state index in [4.69, 9.17) is 35.9 Å². The zero-order valence-electron chi connectivity index (χ0n) is 25.8. The number of carbonyl (C=O) groups excluding carboxylic acids is 1. The highest BCUT2D eigenvalue weighted by Crippen LogP contribution is 2.44. The van der Waals surface area contributed by atoms with Gasteiger partial charge in [-0.1, -0.05) is 65.2 Å². The summed E-state index contributed by atoms with van der Waals surface area (Å²) in [6.07, 6.45) is 0.329. The monoisotopic (exact) mass is 654 g/mol. The first kappa shape index (κ1) is 33.3. The summed E-state index contributed by atoms with van der Waals surface area (Å²) in [6.45, 7) is 0.860. The number of hydrogen-bond donors (Lipinski definition) is 3. The van der Waals surface area contributed by atoms with E-state index in [1.165, 1.54) is 0 Å². The number of methoxy groups -OCH3 is 1. The molecule has 0 unspecified atom stereocenters. The number of rotatable bonds is 15. The van der Waals surface area contributed by atoms with Crippen LogP contribution < -0.4 is 20.3 Å². The molecule has 0 fully saturated rings. The zero-order valence-corrected chi connectivity index (χ0v) is 26.6. The summed E-state index contributed by atoms with van der Waals surface area (Å²) in [5, 5.41) is 13.6. The van der Waals surface area contributed by atoms with E-state index in [2.05, 4.69) is 20.9 Å². The molecule has 1 heterocycles. The van der Waals surface area contributed by atoms with E-state index in [0.717, 1.165) is 5.56 Å². The summed E-state index contributed by atoms with van der Waals surface area (Å²) in [7, 11) is 1.57. The third kappa shape index (κ3) is 8.21. The number of aliphatic imine (C=N–C) groups is 1. The van der Waals surface area contributed by atoms with E-state index in [-0.39, 0.29) is 18.9 Å². The molecule has 242 valence electrons. The van der Waals surface area contributed by atoms with E-state index in [0.29, 0.717) is 64.9 Å². The van der Waals surface area contributed by atoms with Crippen LogP contribution in [0.5, 0.6) is 11.5 Å². The molecule has 0 aliphatic carbocycles. The molecule has 4 aromatic carbocycles. The Morgan fingerprint density at radius 1 is 1.06 bits per heavy atom. The lowest BCUT2D eigenvalue weighted by Gasteiger charge is -2.31. The molecule has 5 rings (SSSR count). The lowest BCUT2D eigenvalue weighted by Crippen LogP contribution is -2.54. The van der Waals surface area contributed by atoms with Gasteiger partial charge in [-0.2, -0.15) is 0 Å². The van der Waals surface area contributed by atoms with E-state index in [1.54, 1.807) is 31.4 Å². The first-order chi connectivity index (χ1) is 23.0. The Morgan fingerprint density at radius 2 is 1.85 bits per heavy atom. The van der Waals surface area contributed by atoms with Crippen molar-refractivity contribution in [2.75, 3.05) is 26.9 Å². The number of benzene rings is 4. The second-order valence-electron chi connectivity index (χ2n) is 10.8. The molecule has 4 aromatic rings. The molecule has 1 amide bonds. The van der Waals surface area contributed by atoms with Gasteiger partial charge in [-0.3, -0.25) is 10.2 Å². The number of hydrazine groups is 1. The Kier molecular flexibility index (Phi) is 11.3. The number of nitrogens with zero attached hydrogens (tertiary/aromatic N) is 4. The van der Waals surface area contributed by atoms with Crippen molar-refractivity contribution in [2.24, 2.45) is 10.1 Å². The van der Waals surface area contributed by atoms with E-state index < -0.39 is 17.6 Å². The summed E-state index contributed by atoms with van der Waals surface area (Å²) in [5.41, 5.74) is 17.0. The maximum Gasteiger partial charge on any atom is 0.266 e. The van der Waals surface area contributed by atoms with Gasteiger partial charge in [0.1, 0.15) is 11.5 Å². The van der Waals surface area contributed by atoms with Gasteiger partial charge < -0.3 is 19.3 Å². The van der Waals surface area contributed by atoms with Crippen LogP contribution in [0.4, 0.5) is 5.69 Å². The summed E-state index contributed by atoms with van der Waals surface area (Å²) in [6, 6.07) is 29.1. The highest BCUT2D eigenvalue weighted by atomic mass is 35.5. The molecule has 0 saturated heterocycles. The fourth-order valence-electron chi connectivity index (χ4n) is 5.29. The van der Waals surface area contributed by atoms with Gasteiger partial charge in [0, 0.05) is 47.2 Å². The molecular formula is C35H35ClN6O5. The Bertz CT molecular complexity index is 1740. The van der Waals surface area contributed by atoms with Gasteiger partial charge in [-0.05, 0) is 77.2 Å². The minimum absolute atomic E-state index is 0.0390. The molecule has 0 spiro atoms. The van der Waals surface area contributed by atoms with E-state index in [1.807, 2.05) is 72.8 Å². The van der Waals surface area contributed by atoms with Gasteiger partial charge in [0.05, 0.1) is 13.7 Å². The molecule has 0 saturated carbocycles. The molecule has 11 nitrogen and oxygen atoms in total. The van der Waals surface area contributed by atoms with Crippen LogP contribution in [-0.4, -0.2) is 49.3 Å². The van der Waals surface area contributed by atoms with Gasteiger partial charge in [0.15, 0.2) is 11.6 Å². The lowest BCUT2D eigenvalue weighted by atomic mass is 9.81. The summed E-state index contributed by atoms with van der Waals surface area (Å²) < 4.78 is 17.8. The second-order valence-corrected chi connectivity index (χ2v) is 11.3. The molecule has 3 N–H and O–H groups in total. The Labute approximate surface area is 277 Å². The van der Waals surface area contributed by atoms with Crippen LogP contribution in [-0.2, 0) is 22.4 Å². The van der Waals surface area contributed by atoms with Gasteiger partial charge in [0.25, 0.3) is 5.91 Å². The fourth-order valence-corrected chi connectivity index (χ4v) is 5.42. The van der Waals surface area contributed by atoms with Crippen molar-refractivity contribution in [1.29, 1.82) is 0 Å². The number of ether oxygens (including phenoxy) is 3. The average molecular weight is 655 g/mol. The maximum absolute atomic E-state index is 14.5. The summed E-state index contributed by atoms with van der Waals surface area (Å²) in [5.74, 6) is 1.05. The Hall–Kier alpha value is -5.06. The van der Waals surface area contributed by atoms with Crippen LogP contribution in [0.3, 0.4) is 0 Å². The lowest BCUT2D eigenvalue weighted by molar-refractivity contribution is -0.130. The molecule has 0 radical (unpaired) electrons. The molecule has 1 aliphatic rings. The molecular weight excluding hydrogens is 620 g/mol. The van der Waals surface area contributed by atoms with Gasteiger partial charge in [-0.25, -0.2) is 10.4 Å². The molecule has 1 aliphatic heterocycles. The second kappa shape index (κ2) is 16.0. The standard InChI is InChI=1S/C35H35ClN6O5/c1-45-30-8-4-7-26(22-30)32-35(23-27-6-2-3-9-31(27)40-42-37,34(44)41-38-19-18-24-10-14-28(36)15-11-24)39-33(47-32)25-12-16-29(17-13-25)46-21-5-20-43/h2-4,6-17,22,32,38,43H,5,18-21,23H2,1H3,(H,41,44)/t32-,35-/m0/s1. The van der Waals surface area contributed by atoms with Crippen molar-refractivity contribution in [2.45, 2.75) is 30.9 Å². The number of hydrogen-bond acceptors (Lipinski definition) is 8. The average Bonchev–Trinajstić information content (AvgIpc) is 3.49. The molecule has 12 heteroatoms. The topological polar surface area (TPSA) is 150 Å². The molecule has 2 atom stereocenters. The van der Waals surface area contributed by atoms with Crippen molar-refractivity contribution < 1.29 is 24.1 Å². The number of aliphatic hydroxyl groups excluding tert-OH is 1. The van der Waals surface area contributed by atoms with Gasteiger partial charge in [-0.15, -0.1) is 0 Å². The maximum atomic E-state index is 14.5. The van der Waals surface area contributed by atoms with Crippen LogP contribution in [0.25, 0.3) is 10.4 Å². The van der Waals surface area contributed by atoms with Crippen molar-refractivity contribution in [1.82, 2.24) is 10.9 Å². The minimum atomic E-state index is -1.54. The number of aliphatic hydroxyl groups is 1. The van der Waals surface area contributed by atoms with E-state index >= 15 is 0 Å².